The second kappa shape index (κ2) is 7.76. The van der Waals surface area contributed by atoms with Gasteiger partial charge in [-0.05, 0) is 49.2 Å². The number of aryl methyl sites for hydroxylation is 1. The van der Waals surface area contributed by atoms with Crippen LogP contribution in [0.4, 0.5) is 0 Å². The van der Waals surface area contributed by atoms with Gasteiger partial charge in [0.05, 0.1) is 11.4 Å². The van der Waals surface area contributed by atoms with Crippen LogP contribution in [0.5, 0.6) is 0 Å². The number of aromatic amines is 1. The van der Waals surface area contributed by atoms with E-state index in [0.29, 0.717) is 6.42 Å². The number of rotatable bonds is 5. The summed E-state index contributed by atoms with van der Waals surface area (Å²) in [5.41, 5.74) is 6.66. The largest absolute Gasteiger partial charge is 0.337 e. The van der Waals surface area contributed by atoms with Gasteiger partial charge in [-0.1, -0.05) is 42.5 Å². The molecule has 2 heterocycles. The van der Waals surface area contributed by atoms with E-state index in [4.69, 9.17) is 4.98 Å². The van der Waals surface area contributed by atoms with Crippen LogP contribution in [0, 0.1) is 0 Å². The number of nitrogens with one attached hydrogen (secondary N) is 2. The summed E-state index contributed by atoms with van der Waals surface area (Å²) in [4.78, 5) is 12.5. The van der Waals surface area contributed by atoms with E-state index in [2.05, 4.69) is 20.8 Å². The fourth-order valence-corrected chi connectivity index (χ4v) is 5.51. The molecule has 6 nitrogen and oxygen atoms in total. The lowest BCUT2D eigenvalue weighted by molar-refractivity contribution is 0.572. The number of hydrogen-bond donors (Lipinski definition) is 2. The van der Waals surface area contributed by atoms with Crippen LogP contribution in [-0.4, -0.2) is 30.4 Å². The third-order valence-corrected chi connectivity index (χ3v) is 7.63. The lowest BCUT2D eigenvalue weighted by atomic mass is 10.0. The van der Waals surface area contributed by atoms with Crippen LogP contribution in [0.3, 0.4) is 0 Å². The molecule has 1 aliphatic rings. The molecule has 156 valence electrons. The fraction of sp³-hybridized carbons (Fsp3) is 0.167. The smallest absolute Gasteiger partial charge is 0.218 e. The summed E-state index contributed by atoms with van der Waals surface area (Å²) < 4.78 is 27.2. The number of benzene rings is 2. The van der Waals surface area contributed by atoms with E-state index in [9.17, 15) is 8.42 Å². The Hall–Kier alpha value is -3.29. The van der Waals surface area contributed by atoms with E-state index in [1.54, 1.807) is 12.4 Å². The van der Waals surface area contributed by atoms with Gasteiger partial charge < -0.3 is 4.98 Å². The summed E-state index contributed by atoms with van der Waals surface area (Å²) >= 11 is 0. The van der Waals surface area contributed by atoms with Crippen LogP contribution in [-0.2, 0) is 16.4 Å². The van der Waals surface area contributed by atoms with Crippen molar-refractivity contribution in [1.29, 1.82) is 0 Å². The average molecular weight is 431 g/mol. The Morgan fingerprint density at radius 2 is 1.74 bits per heavy atom. The lowest BCUT2D eigenvalue weighted by Crippen LogP contribution is -2.24. The normalized spacial score (nSPS) is 15.7. The summed E-state index contributed by atoms with van der Waals surface area (Å²) in [6, 6.07) is 19.9. The third kappa shape index (κ3) is 3.56. The van der Waals surface area contributed by atoms with E-state index < -0.39 is 15.3 Å². The minimum Gasteiger partial charge on any atom is -0.337 e. The molecule has 0 amide bonds. The molecule has 0 radical (unpaired) electrons. The van der Waals surface area contributed by atoms with Gasteiger partial charge in [0.1, 0.15) is 11.1 Å². The lowest BCUT2D eigenvalue weighted by Gasteiger charge is -2.12. The molecule has 7 heteroatoms. The molecule has 0 saturated carbocycles. The monoisotopic (exact) mass is 430 g/mol. The number of pyridine rings is 1. The maximum atomic E-state index is 12.4. The predicted molar refractivity (Wildman–Crippen MR) is 122 cm³/mol. The molecule has 31 heavy (non-hydrogen) atoms. The Bertz CT molecular complexity index is 1330. The molecule has 1 aliphatic carbocycles. The zero-order valence-corrected chi connectivity index (χ0v) is 17.9. The highest BCUT2D eigenvalue weighted by Gasteiger charge is 2.33. The molecule has 2 aromatic heterocycles. The molecule has 0 fully saturated rings. The van der Waals surface area contributed by atoms with Crippen LogP contribution >= 0.6 is 0 Å². The van der Waals surface area contributed by atoms with E-state index in [0.717, 1.165) is 51.5 Å². The van der Waals surface area contributed by atoms with Crippen molar-refractivity contribution in [3.8, 4) is 33.9 Å². The van der Waals surface area contributed by atoms with Gasteiger partial charge in [-0.3, -0.25) is 4.98 Å². The number of hydrogen-bond acceptors (Lipinski definition) is 4. The number of fused-ring (bicyclic) bond motifs is 1. The van der Waals surface area contributed by atoms with Gasteiger partial charge in [-0.2, -0.15) is 0 Å². The van der Waals surface area contributed by atoms with Crippen LogP contribution in [0.15, 0.2) is 73.1 Å². The van der Waals surface area contributed by atoms with Crippen molar-refractivity contribution in [2.75, 3.05) is 7.05 Å². The molecule has 2 aromatic carbocycles. The van der Waals surface area contributed by atoms with Gasteiger partial charge in [-0.15, -0.1) is 0 Å². The van der Waals surface area contributed by atoms with Crippen molar-refractivity contribution in [3.63, 3.8) is 0 Å². The Kier molecular flexibility index (Phi) is 4.92. The number of imidazole rings is 1. The number of sulfonamides is 1. The van der Waals surface area contributed by atoms with Gasteiger partial charge in [0.2, 0.25) is 10.0 Å². The fourth-order valence-electron chi connectivity index (χ4n) is 4.23. The Morgan fingerprint density at radius 3 is 2.48 bits per heavy atom. The molecule has 0 bridgehead atoms. The molecular weight excluding hydrogens is 408 g/mol. The van der Waals surface area contributed by atoms with Gasteiger partial charge in [0.25, 0.3) is 0 Å². The summed E-state index contributed by atoms with van der Waals surface area (Å²) in [6.45, 7) is 0. The SMILES string of the molecule is CNS(=O)(=O)C1CCc2cc(-c3nc(-c4ccccc4)[nH]c3-c3ccncc3)ccc21. The van der Waals surface area contributed by atoms with Gasteiger partial charge in [0.15, 0.2) is 0 Å². The summed E-state index contributed by atoms with van der Waals surface area (Å²) in [6.07, 6.45) is 4.85. The van der Waals surface area contributed by atoms with Crippen molar-refractivity contribution in [2.45, 2.75) is 18.1 Å². The van der Waals surface area contributed by atoms with Gasteiger partial charge >= 0.3 is 0 Å². The highest BCUT2D eigenvalue weighted by Crippen LogP contribution is 2.40. The summed E-state index contributed by atoms with van der Waals surface area (Å²) in [7, 11) is -1.88. The second-order valence-electron chi connectivity index (χ2n) is 7.60. The van der Waals surface area contributed by atoms with Crippen molar-refractivity contribution in [3.05, 3.63) is 84.2 Å². The summed E-state index contributed by atoms with van der Waals surface area (Å²) in [5, 5.41) is -0.500. The van der Waals surface area contributed by atoms with Gasteiger partial charge in [-0.25, -0.2) is 18.1 Å². The maximum absolute atomic E-state index is 12.4. The van der Waals surface area contributed by atoms with E-state index in [-0.39, 0.29) is 0 Å². The summed E-state index contributed by atoms with van der Waals surface area (Å²) in [5.74, 6) is 0.790. The molecule has 1 atom stereocenters. The Balaban J connectivity index is 1.63. The zero-order chi connectivity index (χ0) is 21.4. The van der Waals surface area contributed by atoms with Crippen molar-refractivity contribution >= 4 is 10.0 Å². The average Bonchev–Trinajstić information content (AvgIpc) is 3.45. The van der Waals surface area contributed by atoms with Crippen LogP contribution in [0.2, 0.25) is 0 Å². The molecule has 4 aromatic rings. The first kappa shape index (κ1) is 19.7. The predicted octanol–water partition coefficient (Wildman–Crippen LogP) is 4.34. The minimum absolute atomic E-state index is 0.500. The van der Waals surface area contributed by atoms with E-state index in [1.165, 1.54) is 7.05 Å². The first-order chi connectivity index (χ1) is 15.1. The molecule has 2 N–H and O–H groups in total. The quantitative estimate of drug-likeness (QED) is 0.493. The first-order valence-corrected chi connectivity index (χ1v) is 11.7. The molecular formula is C24H22N4O2S. The standard InChI is InChI=1S/C24H22N4O2S/c1-25-31(29,30)21-10-8-18-15-19(7-9-20(18)21)23-22(16-11-13-26-14-12-16)27-24(28-23)17-5-3-2-4-6-17/h2-7,9,11-15,21,25H,8,10H2,1H3,(H,27,28). The highest BCUT2D eigenvalue weighted by atomic mass is 32.2. The Labute approximate surface area is 181 Å². The molecule has 0 aliphatic heterocycles. The first-order valence-electron chi connectivity index (χ1n) is 10.2. The van der Waals surface area contributed by atoms with E-state index in [1.807, 2.05) is 54.6 Å². The molecule has 1 unspecified atom stereocenters. The van der Waals surface area contributed by atoms with E-state index >= 15 is 0 Å². The molecule has 0 spiro atoms. The third-order valence-electron chi connectivity index (χ3n) is 5.82. The van der Waals surface area contributed by atoms with Crippen molar-refractivity contribution in [1.82, 2.24) is 19.7 Å². The maximum Gasteiger partial charge on any atom is 0.218 e. The minimum atomic E-state index is -3.35. The van der Waals surface area contributed by atoms with Gasteiger partial charge in [0, 0.05) is 29.1 Å². The van der Waals surface area contributed by atoms with Crippen LogP contribution in [0.25, 0.3) is 33.9 Å². The topological polar surface area (TPSA) is 87.7 Å². The van der Waals surface area contributed by atoms with Crippen molar-refractivity contribution in [2.24, 2.45) is 0 Å². The molecule has 0 saturated heterocycles. The zero-order valence-electron chi connectivity index (χ0n) is 17.0. The Morgan fingerprint density at radius 1 is 0.968 bits per heavy atom. The second-order valence-corrected chi connectivity index (χ2v) is 9.67. The molecule has 5 rings (SSSR count). The van der Waals surface area contributed by atoms with Crippen LogP contribution in [0.1, 0.15) is 22.8 Å². The van der Waals surface area contributed by atoms with Crippen molar-refractivity contribution < 1.29 is 8.42 Å². The number of H-pyrrole nitrogens is 1. The number of nitrogens with zero attached hydrogens (tertiary/aromatic N) is 2. The highest BCUT2D eigenvalue weighted by molar-refractivity contribution is 7.89. The number of aromatic nitrogens is 3. The van der Waals surface area contributed by atoms with Crippen LogP contribution < -0.4 is 4.72 Å².